The molecule has 0 radical (unpaired) electrons. The third-order valence-electron chi connectivity index (χ3n) is 2.58. The molecule has 1 heterocycles. The molecule has 13 heavy (non-hydrogen) atoms. The first-order valence-electron chi connectivity index (χ1n) is 4.62. The van der Waals surface area contributed by atoms with Gasteiger partial charge >= 0.3 is 0 Å². The maximum Gasteiger partial charge on any atom is 0.161 e. The van der Waals surface area contributed by atoms with Gasteiger partial charge < -0.3 is 4.57 Å². The van der Waals surface area contributed by atoms with Crippen molar-refractivity contribution in [1.29, 1.82) is 0 Å². The van der Waals surface area contributed by atoms with Gasteiger partial charge in [0.15, 0.2) is 5.82 Å². The number of hydrogen-bond donors (Lipinski definition) is 1. The largest absolute Gasteiger partial charge is 0.312 e. The summed E-state index contributed by atoms with van der Waals surface area (Å²) in [6, 6.07) is 0.556. The van der Waals surface area contributed by atoms with E-state index in [1.807, 2.05) is 0 Å². The van der Waals surface area contributed by atoms with Gasteiger partial charge in [0.05, 0.1) is 0 Å². The Kier molecular flexibility index (Phi) is 2.56. The molecule has 1 saturated carbocycles. The molecule has 1 aliphatic rings. The molecule has 0 aliphatic heterocycles. The van der Waals surface area contributed by atoms with Gasteiger partial charge in [0.1, 0.15) is 12.9 Å². The summed E-state index contributed by atoms with van der Waals surface area (Å²) in [6.07, 6.45) is 6.80. The van der Waals surface area contributed by atoms with E-state index in [1.54, 1.807) is 6.33 Å². The van der Waals surface area contributed by atoms with Crippen LogP contribution < -0.4 is 5.90 Å². The molecule has 2 rings (SSSR count). The summed E-state index contributed by atoms with van der Waals surface area (Å²) in [7, 11) is 0. The third-order valence-corrected chi connectivity index (χ3v) is 2.58. The summed E-state index contributed by atoms with van der Waals surface area (Å²) in [5.41, 5.74) is 0. The lowest BCUT2D eigenvalue weighted by Crippen LogP contribution is -2.11. The zero-order chi connectivity index (χ0) is 9.10. The monoisotopic (exact) mass is 182 g/mol. The van der Waals surface area contributed by atoms with Crippen molar-refractivity contribution in [2.24, 2.45) is 5.90 Å². The van der Waals surface area contributed by atoms with Crippen molar-refractivity contribution in [1.82, 2.24) is 14.8 Å². The molecule has 0 amide bonds. The maximum absolute atomic E-state index is 5.01. The number of rotatable bonds is 3. The van der Waals surface area contributed by atoms with Gasteiger partial charge in [-0.3, -0.25) is 4.84 Å². The third kappa shape index (κ3) is 1.71. The quantitative estimate of drug-likeness (QED) is 0.701. The van der Waals surface area contributed by atoms with Crippen molar-refractivity contribution in [3.63, 3.8) is 0 Å². The van der Waals surface area contributed by atoms with E-state index >= 15 is 0 Å². The van der Waals surface area contributed by atoms with Crippen LogP contribution in [0, 0.1) is 0 Å². The molecule has 0 unspecified atom stereocenters. The van der Waals surface area contributed by atoms with Crippen LogP contribution in [0.5, 0.6) is 0 Å². The van der Waals surface area contributed by atoms with E-state index < -0.39 is 0 Å². The molecule has 0 aromatic carbocycles. The zero-order valence-corrected chi connectivity index (χ0v) is 7.52. The highest BCUT2D eigenvalue weighted by Gasteiger charge is 2.19. The summed E-state index contributed by atoms with van der Waals surface area (Å²) >= 11 is 0. The standard InChI is InChI=1S/C8H14N4O/c9-13-5-8-11-10-6-12(8)7-3-1-2-4-7/h6-7H,1-5,9H2. The van der Waals surface area contributed by atoms with E-state index in [9.17, 15) is 0 Å². The van der Waals surface area contributed by atoms with Crippen molar-refractivity contribution in [2.75, 3.05) is 0 Å². The number of aromatic nitrogens is 3. The van der Waals surface area contributed by atoms with Crippen LogP contribution in [0.4, 0.5) is 0 Å². The van der Waals surface area contributed by atoms with E-state index in [2.05, 4.69) is 19.6 Å². The van der Waals surface area contributed by atoms with Gasteiger partial charge in [-0.25, -0.2) is 5.90 Å². The second-order valence-corrected chi connectivity index (χ2v) is 3.40. The minimum atomic E-state index is 0.344. The molecule has 1 fully saturated rings. The highest BCUT2D eigenvalue weighted by atomic mass is 16.6. The minimum Gasteiger partial charge on any atom is -0.312 e. The van der Waals surface area contributed by atoms with Crippen LogP contribution in [0.3, 0.4) is 0 Å². The molecule has 5 nitrogen and oxygen atoms in total. The average molecular weight is 182 g/mol. The molecule has 5 heteroatoms. The van der Waals surface area contributed by atoms with Crippen molar-refractivity contribution in [3.05, 3.63) is 12.2 Å². The Morgan fingerprint density at radius 3 is 3.00 bits per heavy atom. The molecular formula is C8H14N4O. The zero-order valence-electron chi connectivity index (χ0n) is 7.52. The highest BCUT2D eigenvalue weighted by molar-refractivity contribution is 4.89. The lowest BCUT2D eigenvalue weighted by atomic mass is 10.2. The Hall–Kier alpha value is -0.940. The Morgan fingerprint density at radius 1 is 1.54 bits per heavy atom. The second kappa shape index (κ2) is 3.85. The fourth-order valence-corrected chi connectivity index (χ4v) is 1.93. The SMILES string of the molecule is NOCc1nncn1C1CCCC1. The van der Waals surface area contributed by atoms with Crippen molar-refractivity contribution in [2.45, 2.75) is 38.3 Å². The van der Waals surface area contributed by atoms with Gasteiger partial charge in [-0.15, -0.1) is 10.2 Å². The first-order valence-corrected chi connectivity index (χ1v) is 4.62. The second-order valence-electron chi connectivity index (χ2n) is 3.40. The topological polar surface area (TPSA) is 66.0 Å². The Bertz CT molecular complexity index is 267. The van der Waals surface area contributed by atoms with Crippen molar-refractivity contribution >= 4 is 0 Å². The van der Waals surface area contributed by atoms with Gasteiger partial charge in [0.25, 0.3) is 0 Å². The van der Waals surface area contributed by atoms with Gasteiger partial charge in [-0.2, -0.15) is 0 Å². The Labute approximate surface area is 76.8 Å². The van der Waals surface area contributed by atoms with Crippen LogP contribution in [0.25, 0.3) is 0 Å². The maximum atomic E-state index is 5.01. The number of nitrogens with two attached hydrogens (primary N) is 1. The van der Waals surface area contributed by atoms with Gasteiger partial charge in [0.2, 0.25) is 0 Å². The smallest absolute Gasteiger partial charge is 0.161 e. The van der Waals surface area contributed by atoms with E-state index in [0.29, 0.717) is 12.6 Å². The molecule has 0 atom stereocenters. The summed E-state index contributed by atoms with van der Waals surface area (Å²) in [6.45, 7) is 0.344. The van der Waals surface area contributed by atoms with Crippen molar-refractivity contribution in [3.8, 4) is 0 Å². The molecule has 0 saturated heterocycles. The van der Waals surface area contributed by atoms with Crippen molar-refractivity contribution < 1.29 is 4.84 Å². The summed E-state index contributed by atoms with van der Waals surface area (Å²) in [5, 5.41) is 7.82. The summed E-state index contributed by atoms with van der Waals surface area (Å²) < 4.78 is 2.08. The molecule has 72 valence electrons. The Morgan fingerprint density at radius 2 is 2.31 bits per heavy atom. The summed E-state index contributed by atoms with van der Waals surface area (Å²) in [5.74, 6) is 5.83. The average Bonchev–Trinajstić information content (AvgIpc) is 2.71. The van der Waals surface area contributed by atoms with E-state index in [0.717, 1.165) is 5.82 Å². The molecule has 2 N–H and O–H groups in total. The van der Waals surface area contributed by atoms with Crippen LogP contribution in [0.2, 0.25) is 0 Å². The molecule has 1 aromatic rings. The van der Waals surface area contributed by atoms with E-state index in [-0.39, 0.29) is 0 Å². The fraction of sp³-hybridized carbons (Fsp3) is 0.750. The Balaban J connectivity index is 2.13. The fourth-order valence-electron chi connectivity index (χ4n) is 1.93. The first-order chi connectivity index (χ1) is 6.42. The predicted octanol–water partition coefficient (Wildman–Crippen LogP) is 0.783. The number of nitrogens with zero attached hydrogens (tertiary/aromatic N) is 3. The lowest BCUT2D eigenvalue weighted by molar-refractivity contribution is 0.114. The highest BCUT2D eigenvalue weighted by Crippen LogP contribution is 2.29. The molecule has 0 bridgehead atoms. The van der Waals surface area contributed by atoms with Crippen LogP contribution in [-0.2, 0) is 11.4 Å². The van der Waals surface area contributed by atoms with Crippen LogP contribution in [0.15, 0.2) is 6.33 Å². The minimum absolute atomic E-state index is 0.344. The van der Waals surface area contributed by atoms with Gasteiger partial charge in [-0.1, -0.05) is 12.8 Å². The predicted molar refractivity (Wildman–Crippen MR) is 46.5 cm³/mol. The van der Waals surface area contributed by atoms with Crippen LogP contribution >= 0.6 is 0 Å². The van der Waals surface area contributed by atoms with Crippen LogP contribution in [-0.4, -0.2) is 14.8 Å². The van der Waals surface area contributed by atoms with Gasteiger partial charge in [0, 0.05) is 6.04 Å². The molecule has 0 spiro atoms. The molecular weight excluding hydrogens is 168 g/mol. The summed E-state index contributed by atoms with van der Waals surface area (Å²) in [4.78, 5) is 4.56. The first kappa shape index (κ1) is 8.65. The van der Waals surface area contributed by atoms with Gasteiger partial charge in [-0.05, 0) is 12.8 Å². The normalized spacial score (nSPS) is 18.2. The molecule has 1 aliphatic carbocycles. The number of hydrogen-bond acceptors (Lipinski definition) is 4. The van der Waals surface area contributed by atoms with E-state index in [4.69, 9.17) is 5.90 Å². The molecule has 1 aromatic heterocycles. The lowest BCUT2D eigenvalue weighted by Gasteiger charge is -2.12. The van der Waals surface area contributed by atoms with Crippen LogP contribution in [0.1, 0.15) is 37.5 Å². The van der Waals surface area contributed by atoms with E-state index in [1.165, 1.54) is 25.7 Å².